The van der Waals surface area contributed by atoms with Gasteiger partial charge in [-0.25, -0.2) is 0 Å². The quantitative estimate of drug-likeness (QED) is 0.724. The molecule has 0 heterocycles. The van der Waals surface area contributed by atoms with Crippen LogP contribution in [-0.4, -0.2) is 7.11 Å². The van der Waals surface area contributed by atoms with Gasteiger partial charge in [0, 0.05) is 0 Å². The predicted octanol–water partition coefficient (Wildman–Crippen LogP) is 3.15. The first-order chi connectivity index (χ1) is 5.77. The second kappa shape index (κ2) is 5.38. The largest absolute Gasteiger partial charge is 0.497 e. The van der Waals surface area contributed by atoms with Gasteiger partial charge in [-0.15, -0.1) is 6.58 Å². The van der Waals surface area contributed by atoms with E-state index in [4.69, 9.17) is 4.74 Å². The highest BCUT2D eigenvalue weighted by molar-refractivity contribution is 5.32. The summed E-state index contributed by atoms with van der Waals surface area (Å²) in [6.07, 6.45) is 1.93. The van der Waals surface area contributed by atoms with Gasteiger partial charge < -0.3 is 10.9 Å². The van der Waals surface area contributed by atoms with Gasteiger partial charge >= 0.3 is 0 Å². The fourth-order valence-corrected chi connectivity index (χ4v) is 1.06. The molecule has 0 bridgehead atoms. The minimum absolute atomic E-state index is 0. The van der Waals surface area contributed by atoms with Crippen LogP contribution in [0.4, 0.5) is 0 Å². The number of hydrogen-bond acceptors (Lipinski definition) is 2. The molecule has 1 aromatic rings. The van der Waals surface area contributed by atoms with Gasteiger partial charge in [-0.05, 0) is 23.6 Å². The van der Waals surface area contributed by atoms with Gasteiger partial charge in [0.15, 0.2) is 0 Å². The molecule has 0 aromatic heterocycles. The molecule has 2 heteroatoms. The maximum Gasteiger partial charge on any atom is 0.119 e. The smallest absolute Gasteiger partial charge is 0.119 e. The molecule has 0 saturated carbocycles. The molecule has 3 N–H and O–H groups in total. The van der Waals surface area contributed by atoms with Crippen LogP contribution in [0, 0.1) is 0 Å². The Morgan fingerprint density at radius 2 is 2.15 bits per heavy atom. The molecule has 1 unspecified atom stereocenters. The Labute approximate surface area is 79.8 Å². The topological polar surface area (TPSA) is 44.2 Å². The monoisotopic (exact) mass is 179 g/mol. The maximum atomic E-state index is 5.12. The molecule has 0 aliphatic carbocycles. The molecule has 0 amide bonds. The van der Waals surface area contributed by atoms with E-state index in [1.807, 2.05) is 24.3 Å². The molecule has 0 spiro atoms. The van der Waals surface area contributed by atoms with Gasteiger partial charge in [-0.2, -0.15) is 0 Å². The van der Waals surface area contributed by atoms with Crippen molar-refractivity contribution >= 4 is 0 Å². The highest BCUT2D eigenvalue weighted by Crippen LogP contribution is 2.20. The molecule has 13 heavy (non-hydrogen) atoms. The molecular weight excluding hydrogens is 162 g/mol. The summed E-state index contributed by atoms with van der Waals surface area (Å²) in [7, 11) is 1.68. The number of rotatable bonds is 3. The summed E-state index contributed by atoms with van der Waals surface area (Å²) in [6, 6.07) is 8.05. The summed E-state index contributed by atoms with van der Waals surface area (Å²) in [5, 5.41) is 0. The fraction of sp³-hybridized carbons (Fsp3) is 0.273. The minimum Gasteiger partial charge on any atom is -0.497 e. The van der Waals surface area contributed by atoms with E-state index in [1.54, 1.807) is 7.11 Å². The van der Waals surface area contributed by atoms with E-state index in [0.717, 1.165) is 5.75 Å². The summed E-state index contributed by atoms with van der Waals surface area (Å²) in [5.41, 5.74) is 1.24. The second-order valence-corrected chi connectivity index (χ2v) is 2.80. The van der Waals surface area contributed by atoms with E-state index in [0.29, 0.717) is 5.92 Å². The van der Waals surface area contributed by atoms with Crippen molar-refractivity contribution in [1.29, 1.82) is 0 Å². The molecule has 0 radical (unpaired) electrons. The van der Waals surface area contributed by atoms with Crippen LogP contribution in [0.3, 0.4) is 0 Å². The van der Waals surface area contributed by atoms with Crippen molar-refractivity contribution in [3.05, 3.63) is 42.5 Å². The fourth-order valence-electron chi connectivity index (χ4n) is 1.06. The van der Waals surface area contributed by atoms with Gasteiger partial charge in [0.2, 0.25) is 0 Å². The first-order valence-electron chi connectivity index (χ1n) is 4.04. The summed E-state index contributed by atoms with van der Waals surface area (Å²) in [6.45, 7) is 5.86. The van der Waals surface area contributed by atoms with Crippen LogP contribution in [0.1, 0.15) is 18.4 Å². The average Bonchev–Trinajstić information content (AvgIpc) is 2.17. The summed E-state index contributed by atoms with van der Waals surface area (Å²) < 4.78 is 5.12. The van der Waals surface area contributed by atoms with E-state index in [9.17, 15) is 0 Å². The lowest BCUT2D eigenvalue weighted by atomic mass is 10.0. The Morgan fingerprint density at radius 1 is 1.46 bits per heavy atom. The van der Waals surface area contributed by atoms with Crippen molar-refractivity contribution in [3.63, 3.8) is 0 Å². The van der Waals surface area contributed by atoms with Crippen LogP contribution in [-0.2, 0) is 0 Å². The molecule has 2 nitrogen and oxygen atoms in total. The first kappa shape index (κ1) is 11.7. The lowest BCUT2D eigenvalue weighted by Crippen LogP contribution is -1.89. The van der Waals surface area contributed by atoms with Crippen molar-refractivity contribution < 1.29 is 4.74 Å². The van der Waals surface area contributed by atoms with Gasteiger partial charge in [-0.3, -0.25) is 0 Å². The third kappa shape index (κ3) is 2.92. The summed E-state index contributed by atoms with van der Waals surface area (Å²) >= 11 is 0. The van der Waals surface area contributed by atoms with Gasteiger partial charge in [0.25, 0.3) is 0 Å². The Morgan fingerprint density at radius 3 is 2.69 bits per heavy atom. The van der Waals surface area contributed by atoms with E-state index in [2.05, 4.69) is 19.6 Å². The zero-order chi connectivity index (χ0) is 8.97. The van der Waals surface area contributed by atoms with E-state index in [1.165, 1.54) is 5.56 Å². The maximum absolute atomic E-state index is 5.12. The van der Waals surface area contributed by atoms with Crippen LogP contribution < -0.4 is 10.9 Å². The van der Waals surface area contributed by atoms with E-state index >= 15 is 0 Å². The minimum atomic E-state index is 0. The lowest BCUT2D eigenvalue weighted by Gasteiger charge is -2.07. The standard InChI is InChI=1S/C11H14O.H3N/c1-4-9(2)10-6-5-7-11(8-10)12-3;/h4-9H,1H2,2-3H3;1H3. The average molecular weight is 179 g/mol. The predicted molar refractivity (Wildman–Crippen MR) is 56.6 cm³/mol. The van der Waals surface area contributed by atoms with Crippen LogP contribution in [0.5, 0.6) is 5.75 Å². The van der Waals surface area contributed by atoms with Crippen LogP contribution >= 0.6 is 0 Å². The molecule has 0 aliphatic heterocycles. The number of ether oxygens (including phenoxy) is 1. The highest BCUT2D eigenvalue weighted by atomic mass is 16.5. The van der Waals surface area contributed by atoms with Crippen molar-refractivity contribution in [2.45, 2.75) is 12.8 Å². The second-order valence-electron chi connectivity index (χ2n) is 2.80. The molecule has 0 aliphatic rings. The first-order valence-corrected chi connectivity index (χ1v) is 4.04. The van der Waals surface area contributed by atoms with Crippen LogP contribution in [0.2, 0.25) is 0 Å². The molecule has 0 saturated heterocycles. The van der Waals surface area contributed by atoms with Gasteiger partial charge in [0.1, 0.15) is 5.75 Å². The van der Waals surface area contributed by atoms with Crippen molar-refractivity contribution in [2.75, 3.05) is 7.11 Å². The number of allylic oxidation sites excluding steroid dienone is 1. The normalized spacial score (nSPS) is 11.2. The molecule has 1 rings (SSSR count). The Hall–Kier alpha value is -1.28. The molecule has 1 aromatic carbocycles. The third-order valence-corrected chi connectivity index (χ3v) is 1.97. The number of benzene rings is 1. The molecule has 72 valence electrons. The number of methoxy groups -OCH3 is 1. The van der Waals surface area contributed by atoms with E-state index < -0.39 is 0 Å². The molecule has 1 atom stereocenters. The summed E-state index contributed by atoms with van der Waals surface area (Å²) in [4.78, 5) is 0. The van der Waals surface area contributed by atoms with Crippen LogP contribution in [0.25, 0.3) is 0 Å². The molecular formula is C11H17NO. The van der Waals surface area contributed by atoms with Gasteiger partial charge in [-0.1, -0.05) is 25.1 Å². The Balaban J connectivity index is 0.00000144. The highest BCUT2D eigenvalue weighted by Gasteiger charge is 2.00. The summed E-state index contributed by atoms with van der Waals surface area (Å²) in [5.74, 6) is 1.29. The van der Waals surface area contributed by atoms with Gasteiger partial charge in [0.05, 0.1) is 7.11 Å². The zero-order valence-corrected chi connectivity index (χ0v) is 8.29. The van der Waals surface area contributed by atoms with Crippen molar-refractivity contribution in [1.82, 2.24) is 6.15 Å². The van der Waals surface area contributed by atoms with Crippen molar-refractivity contribution in [2.24, 2.45) is 0 Å². The lowest BCUT2D eigenvalue weighted by molar-refractivity contribution is 0.414. The third-order valence-electron chi connectivity index (χ3n) is 1.97. The van der Waals surface area contributed by atoms with Crippen LogP contribution in [0.15, 0.2) is 36.9 Å². The Bertz CT molecular complexity index is 271. The molecule has 0 fully saturated rings. The Kier molecular flexibility index (Phi) is 4.85. The SMILES string of the molecule is C=CC(C)c1cccc(OC)c1.N. The van der Waals surface area contributed by atoms with E-state index in [-0.39, 0.29) is 6.15 Å². The zero-order valence-electron chi connectivity index (χ0n) is 8.29. The number of hydrogen-bond donors (Lipinski definition) is 1. The van der Waals surface area contributed by atoms with Crippen molar-refractivity contribution in [3.8, 4) is 5.75 Å².